The Bertz CT molecular complexity index is 2150. The summed E-state index contributed by atoms with van der Waals surface area (Å²) in [5.41, 5.74) is 5.29. The van der Waals surface area contributed by atoms with Crippen molar-refractivity contribution < 1.29 is 34.8 Å². The van der Waals surface area contributed by atoms with Crippen LogP contribution < -0.4 is 29.6 Å². The monoisotopic (exact) mass is 714 g/mol. The molecular formula is C36H34N4O8S2. The second-order valence-electron chi connectivity index (χ2n) is 11.4. The predicted molar refractivity (Wildman–Crippen MR) is 192 cm³/mol. The topological polar surface area (TPSA) is 169 Å². The number of nitrogens with one attached hydrogen (secondary N) is 4. The molecule has 50 heavy (non-hydrogen) atoms. The standard InChI is InChI=1S/C36H34N4O8S2/c1-23-15-17-25(3)31(19-23)39-35(41)37-27-9-7-11-29(21-27)47-49(43,44)33-13-5-6-14-34(33)50(45,46)48-30-12-8-10-28(22-30)38-36(42)40-32-20-24(2)16-18-26(32)4/h5-22H,1-4H3,(H2,37,39,41)(H2,38,40,42). The Balaban J connectivity index is 1.29. The Kier molecular flexibility index (Phi) is 10.4. The van der Waals surface area contributed by atoms with Gasteiger partial charge in [-0.05, 0) is 98.5 Å². The molecule has 0 bridgehead atoms. The normalized spacial score (nSPS) is 11.3. The molecular weight excluding hydrogens is 681 g/mol. The van der Waals surface area contributed by atoms with Gasteiger partial charge in [0.25, 0.3) is 0 Å². The van der Waals surface area contributed by atoms with Crippen LogP contribution in [0.5, 0.6) is 11.5 Å². The van der Waals surface area contributed by atoms with Crippen molar-refractivity contribution in [2.24, 2.45) is 0 Å². The maximum Gasteiger partial charge on any atom is 0.340 e. The van der Waals surface area contributed by atoms with Crippen molar-refractivity contribution in [3.05, 3.63) is 131 Å². The lowest BCUT2D eigenvalue weighted by molar-refractivity contribution is 0.261. The van der Waals surface area contributed by atoms with E-state index in [1.54, 1.807) is 0 Å². The number of carbonyl (C=O) groups excluding carboxylic acids is 2. The summed E-state index contributed by atoms with van der Waals surface area (Å²) in [5.74, 6) is -0.360. The summed E-state index contributed by atoms with van der Waals surface area (Å²) >= 11 is 0. The lowest BCUT2D eigenvalue weighted by Gasteiger charge is -2.14. The quantitative estimate of drug-likeness (QED) is 0.107. The summed E-state index contributed by atoms with van der Waals surface area (Å²) in [5, 5.41) is 10.8. The van der Waals surface area contributed by atoms with Crippen LogP contribution in [0.1, 0.15) is 22.3 Å². The number of carbonyl (C=O) groups is 2. The van der Waals surface area contributed by atoms with Crippen LogP contribution in [0, 0.1) is 27.7 Å². The fourth-order valence-corrected chi connectivity index (χ4v) is 7.39. The molecule has 0 fully saturated rings. The van der Waals surface area contributed by atoms with E-state index in [4.69, 9.17) is 8.37 Å². The van der Waals surface area contributed by atoms with E-state index in [2.05, 4.69) is 21.3 Å². The zero-order valence-corrected chi connectivity index (χ0v) is 29.1. The third kappa shape index (κ3) is 8.98. The summed E-state index contributed by atoms with van der Waals surface area (Å²) in [6.07, 6.45) is 0. The molecule has 14 heteroatoms. The molecule has 5 aromatic rings. The minimum absolute atomic E-state index is 0.180. The van der Waals surface area contributed by atoms with Crippen LogP contribution in [0.4, 0.5) is 32.3 Å². The zero-order valence-electron chi connectivity index (χ0n) is 27.5. The molecule has 0 heterocycles. The van der Waals surface area contributed by atoms with Crippen molar-refractivity contribution in [1.29, 1.82) is 0 Å². The molecule has 5 rings (SSSR count). The van der Waals surface area contributed by atoms with Crippen LogP contribution in [0.2, 0.25) is 0 Å². The zero-order chi connectivity index (χ0) is 36.1. The summed E-state index contributed by atoms with van der Waals surface area (Å²) < 4.78 is 64.4. The molecule has 0 spiro atoms. The number of hydrogen-bond donors (Lipinski definition) is 4. The highest BCUT2D eigenvalue weighted by molar-refractivity contribution is 7.90. The smallest absolute Gasteiger partial charge is 0.340 e. The SMILES string of the molecule is Cc1ccc(C)c(NC(=O)Nc2cccc(OS(=O)(=O)c3ccccc3S(=O)(=O)Oc3cccc(NC(=O)Nc4cc(C)ccc4C)c3)c2)c1. The van der Waals surface area contributed by atoms with Gasteiger partial charge in [0.05, 0.1) is 0 Å². The first-order valence-electron chi connectivity index (χ1n) is 15.2. The third-order valence-electron chi connectivity index (χ3n) is 7.27. The van der Waals surface area contributed by atoms with Crippen molar-refractivity contribution >= 4 is 55.0 Å². The van der Waals surface area contributed by atoms with Gasteiger partial charge >= 0.3 is 32.3 Å². The first-order chi connectivity index (χ1) is 23.7. The average Bonchev–Trinajstić information content (AvgIpc) is 3.04. The summed E-state index contributed by atoms with van der Waals surface area (Å²) in [6.45, 7) is 7.49. The molecule has 5 aromatic carbocycles. The molecule has 0 aromatic heterocycles. The van der Waals surface area contributed by atoms with Crippen molar-refractivity contribution in [3.8, 4) is 11.5 Å². The summed E-state index contributed by atoms with van der Waals surface area (Å²) in [7, 11) is -9.47. The molecule has 0 aliphatic rings. The molecule has 0 saturated carbocycles. The van der Waals surface area contributed by atoms with E-state index in [1.165, 1.54) is 60.7 Å². The molecule has 4 N–H and O–H groups in total. The van der Waals surface area contributed by atoms with Crippen molar-refractivity contribution in [3.63, 3.8) is 0 Å². The molecule has 0 aliphatic carbocycles. The number of hydrogen-bond acceptors (Lipinski definition) is 8. The maximum absolute atomic E-state index is 13.4. The second kappa shape index (κ2) is 14.7. The minimum atomic E-state index is -4.74. The number of benzene rings is 5. The average molecular weight is 715 g/mol. The van der Waals surface area contributed by atoms with E-state index in [9.17, 15) is 26.4 Å². The number of anilines is 4. The van der Waals surface area contributed by atoms with Gasteiger partial charge in [-0.15, -0.1) is 0 Å². The van der Waals surface area contributed by atoms with Crippen molar-refractivity contribution in [2.75, 3.05) is 21.3 Å². The maximum atomic E-state index is 13.4. The Labute approximate surface area is 290 Å². The van der Waals surface area contributed by atoms with Gasteiger partial charge in [0, 0.05) is 34.9 Å². The molecule has 0 unspecified atom stereocenters. The molecule has 0 radical (unpaired) electrons. The van der Waals surface area contributed by atoms with E-state index in [0.717, 1.165) is 34.4 Å². The van der Waals surface area contributed by atoms with Gasteiger partial charge in [-0.25, -0.2) is 9.59 Å². The highest BCUT2D eigenvalue weighted by Crippen LogP contribution is 2.29. The third-order valence-corrected chi connectivity index (χ3v) is 10.0. The van der Waals surface area contributed by atoms with Gasteiger partial charge in [-0.2, -0.15) is 16.8 Å². The van der Waals surface area contributed by atoms with Crippen LogP contribution >= 0.6 is 0 Å². The summed E-state index contributed by atoms with van der Waals surface area (Å²) in [6, 6.07) is 26.1. The van der Waals surface area contributed by atoms with Crippen LogP contribution in [0.25, 0.3) is 0 Å². The van der Waals surface area contributed by atoms with E-state index in [0.29, 0.717) is 11.4 Å². The van der Waals surface area contributed by atoms with Gasteiger partial charge in [-0.3, -0.25) is 0 Å². The highest BCUT2D eigenvalue weighted by atomic mass is 32.2. The molecule has 0 atom stereocenters. The Morgan fingerprint density at radius 3 is 1.28 bits per heavy atom. The highest BCUT2D eigenvalue weighted by Gasteiger charge is 2.30. The van der Waals surface area contributed by atoms with E-state index < -0.39 is 42.1 Å². The lowest BCUT2D eigenvalue weighted by atomic mass is 10.1. The fraction of sp³-hybridized carbons (Fsp3) is 0.111. The minimum Gasteiger partial charge on any atom is -0.379 e. The van der Waals surface area contributed by atoms with Crippen LogP contribution in [-0.4, -0.2) is 28.9 Å². The van der Waals surface area contributed by atoms with Gasteiger partial charge in [0.1, 0.15) is 21.3 Å². The molecule has 12 nitrogen and oxygen atoms in total. The Morgan fingerprint density at radius 1 is 0.480 bits per heavy atom. The first-order valence-corrected chi connectivity index (χ1v) is 18.0. The van der Waals surface area contributed by atoms with Crippen LogP contribution in [0.15, 0.2) is 119 Å². The first kappa shape index (κ1) is 35.4. The van der Waals surface area contributed by atoms with E-state index in [1.807, 2.05) is 64.1 Å². The fourth-order valence-electron chi connectivity index (χ4n) is 4.77. The van der Waals surface area contributed by atoms with Crippen LogP contribution in [-0.2, 0) is 20.2 Å². The number of amides is 4. The molecule has 0 aliphatic heterocycles. The van der Waals surface area contributed by atoms with Gasteiger partial charge < -0.3 is 29.6 Å². The number of urea groups is 2. The van der Waals surface area contributed by atoms with Crippen molar-refractivity contribution in [2.45, 2.75) is 37.5 Å². The molecule has 0 saturated heterocycles. The number of rotatable bonds is 10. The Morgan fingerprint density at radius 2 is 0.880 bits per heavy atom. The second-order valence-corrected chi connectivity index (χ2v) is 14.4. The largest absolute Gasteiger partial charge is 0.379 e. The van der Waals surface area contributed by atoms with Gasteiger partial charge in [0.15, 0.2) is 0 Å². The van der Waals surface area contributed by atoms with Crippen LogP contribution in [0.3, 0.4) is 0 Å². The van der Waals surface area contributed by atoms with Gasteiger partial charge in [-0.1, -0.05) is 48.5 Å². The summed E-state index contributed by atoms with van der Waals surface area (Å²) in [4.78, 5) is 24.0. The van der Waals surface area contributed by atoms with E-state index >= 15 is 0 Å². The molecule has 4 amide bonds. The van der Waals surface area contributed by atoms with Crippen molar-refractivity contribution in [1.82, 2.24) is 0 Å². The molecule has 258 valence electrons. The van der Waals surface area contributed by atoms with E-state index in [-0.39, 0.29) is 22.9 Å². The number of aryl methyl sites for hydroxylation is 4. The Hall–Kier alpha value is -5.86. The lowest BCUT2D eigenvalue weighted by Crippen LogP contribution is -2.20. The predicted octanol–water partition coefficient (Wildman–Crippen LogP) is 7.74. The van der Waals surface area contributed by atoms with Gasteiger partial charge in [0.2, 0.25) is 0 Å².